The van der Waals surface area contributed by atoms with Gasteiger partial charge in [0.1, 0.15) is 0 Å². The van der Waals surface area contributed by atoms with E-state index >= 15 is 0 Å². The van der Waals surface area contributed by atoms with Crippen LogP contribution in [0.25, 0.3) is 0 Å². The molecule has 0 atom stereocenters. The molecule has 0 heterocycles. The minimum Gasteiger partial charge on any atom is -0.493 e. The monoisotopic (exact) mass is 355 g/mol. The Kier molecular flexibility index (Phi) is 5.66. The molecule has 0 unspecified atom stereocenters. The van der Waals surface area contributed by atoms with E-state index in [1.54, 1.807) is 33.5 Å². The SMILES string of the molecule is COc1cc(NC(=O)Cc2ccc3c(c2)CCCC3)cc(OC)c1OC. The lowest BCUT2D eigenvalue weighted by Crippen LogP contribution is -2.15. The van der Waals surface area contributed by atoms with Gasteiger partial charge in [-0.15, -0.1) is 0 Å². The van der Waals surface area contributed by atoms with Gasteiger partial charge in [0.25, 0.3) is 0 Å². The average Bonchev–Trinajstić information content (AvgIpc) is 2.66. The smallest absolute Gasteiger partial charge is 0.228 e. The van der Waals surface area contributed by atoms with Crippen LogP contribution in [0.1, 0.15) is 29.5 Å². The third kappa shape index (κ3) is 3.93. The summed E-state index contributed by atoms with van der Waals surface area (Å²) in [7, 11) is 4.65. The van der Waals surface area contributed by atoms with Gasteiger partial charge in [-0.05, 0) is 42.4 Å². The zero-order valence-electron chi connectivity index (χ0n) is 15.6. The van der Waals surface area contributed by atoms with Crippen molar-refractivity contribution < 1.29 is 19.0 Å². The van der Waals surface area contributed by atoms with Gasteiger partial charge in [-0.1, -0.05) is 18.2 Å². The van der Waals surface area contributed by atoms with Crippen LogP contribution >= 0.6 is 0 Å². The Morgan fingerprint density at radius 2 is 1.58 bits per heavy atom. The van der Waals surface area contributed by atoms with E-state index in [0.29, 0.717) is 29.4 Å². The summed E-state index contributed by atoms with van der Waals surface area (Å²) in [4.78, 5) is 12.5. The molecule has 1 N–H and O–H groups in total. The van der Waals surface area contributed by atoms with Crippen LogP contribution in [0, 0.1) is 0 Å². The molecule has 5 heteroatoms. The molecule has 5 nitrogen and oxygen atoms in total. The summed E-state index contributed by atoms with van der Waals surface area (Å²) in [5.74, 6) is 1.45. The number of methoxy groups -OCH3 is 3. The molecule has 0 aliphatic heterocycles. The van der Waals surface area contributed by atoms with Gasteiger partial charge in [-0.25, -0.2) is 0 Å². The summed E-state index contributed by atoms with van der Waals surface area (Å²) >= 11 is 0. The lowest BCUT2D eigenvalue weighted by atomic mass is 9.90. The number of carbonyl (C=O) groups is 1. The molecule has 0 fully saturated rings. The van der Waals surface area contributed by atoms with Crippen LogP contribution in [-0.2, 0) is 24.1 Å². The number of nitrogens with one attached hydrogen (secondary N) is 1. The highest BCUT2D eigenvalue weighted by molar-refractivity contribution is 5.93. The molecular formula is C21H25NO4. The second kappa shape index (κ2) is 8.13. The van der Waals surface area contributed by atoms with Crippen molar-refractivity contribution in [2.45, 2.75) is 32.1 Å². The van der Waals surface area contributed by atoms with E-state index in [-0.39, 0.29) is 5.91 Å². The van der Waals surface area contributed by atoms with Gasteiger partial charge < -0.3 is 19.5 Å². The Morgan fingerprint density at radius 1 is 0.923 bits per heavy atom. The van der Waals surface area contributed by atoms with E-state index in [0.717, 1.165) is 18.4 Å². The summed E-state index contributed by atoms with van der Waals surface area (Å²) in [6, 6.07) is 9.84. The first-order chi connectivity index (χ1) is 12.6. The summed E-state index contributed by atoms with van der Waals surface area (Å²) in [6.07, 6.45) is 5.08. The third-order valence-corrected chi connectivity index (χ3v) is 4.73. The number of ether oxygens (including phenoxy) is 3. The van der Waals surface area contributed by atoms with Crippen LogP contribution in [-0.4, -0.2) is 27.2 Å². The Hall–Kier alpha value is -2.69. The maximum Gasteiger partial charge on any atom is 0.228 e. The van der Waals surface area contributed by atoms with Gasteiger partial charge in [-0.3, -0.25) is 4.79 Å². The molecule has 2 aromatic carbocycles. The van der Waals surface area contributed by atoms with Crippen LogP contribution in [0.3, 0.4) is 0 Å². The van der Waals surface area contributed by atoms with E-state index in [4.69, 9.17) is 14.2 Å². The minimum absolute atomic E-state index is 0.0740. The molecule has 1 amide bonds. The fourth-order valence-electron chi connectivity index (χ4n) is 3.44. The van der Waals surface area contributed by atoms with Gasteiger partial charge in [-0.2, -0.15) is 0 Å². The quantitative estimate of drug-likeness (QED) is 0.857. The Labute approximate surface area is 154 Å². The minimum atomic E-state index is -0.0740. The van der Waals surface area contributed by atoms with Gasteiger partial charge >= 0.3 is 0 Å². The van der Waals surface area contributed by atoms with E-state index in [1.807, 2.05) is 0 Å². The first kappa shape index (κ1) is 18.1. The third-order valence-electron chi connectivity index (χ3n) is 4.73. The van der Waals surface area contributed by atoms with Crippen molar-refractivity contribution in [3.05, 3.63) is 47.0 Å². The Bertz CT molecular complexity index is 776. The maximum absolute atomic E-state index is 12.5. The fraction of sp³-hybridized carbons (Fsp3) is 0.381. The van der Waals surface area contributed by atoms with Gasteiger partial charge in [0.2, 0.25) is 11.7 Å². The van der Waals surface area contributed by atoms with Crippen LogP contribution in [0.15, 0.2) is 30.3 Å². The number of amides is 1. The highest BCUT2D eigenvalue weighted by atomic mass is 16.5. The molecule has 138 valence electrons. The first-order valence-corrected chi connectivity index (χ1v) is 8.85. The normalized spacial score (nSPS) is 12.9. The van der Waals surface area contributed by atoms with Crippen LogP contribution in [0.5, 0.6) is 17.2 Å². The molecule has 26 heavy (non-hydrogen) atoms. The number of aryl methyl sites for hydroxylation is 2. The van der Waals surface area contributed by atoms with Crippen LogP contribution < -0.4 is 19.5 Å². The molecule has 1 aliphatic carbocycles. The van der Waals surface area contributed by atoms with Gasteiger partial charge in [0.15, 0.2) is 11.5 Å². The first-order valence-electron chi connectivity index (χ1n) is 8.85. The molecule has 0 radical (unpaired) electrons. The number of hydrogen-bond donors (Lipinski definition) is 1. The predicted molar refractivity (Wildman–Crippen MR) is 102 cm³/mol. The van der Waals surface area contributed by atoms with Crippen molar-refractivity contribution in [3.8, 4) is 17.2 Å². The molecule has 0 spiro atoms. The lowest BCUT2D eigenvalue weighted by Gasteiger charge is -2.17. The summed E-state index contributed by atoms with van der Waals surface area (Å²) in [5.41, 5.74) is 4.46. The molecule has 0 aromatic heterocycles. The number of benzene rings is 2. The fourth-order valence-corrected chi connectivity index (χ4v) is 3.44. The highest BCUT2D eigenvalue weighted by Gasteiger charge is 2.15. The average molecular weight is 355 g/mol. The van der Waals surface area contributed by atoms with Crippen molar-refractivity contribution in [2.24, 2.45) is 0 Å². The lowest BCUT2D eigenvalue weighted by molar-refractivity contribution is -0.115. The van der Waals surface area contributed by atoms with E-state index in [1.165, 1.54) is 24.0 Å². The number of carbonyl (C=O) groups excluding carboxylic acids is 1. The second-order valence-electron chi connectivity index (χ2n) is 6.45. The maximum atomic E-state index is 12.5. The highest BCUT2D eigenvalue weighted by Crippen LogP contribution is 2.39. The molecule has 0 saturated heterocycles. The Morgan fingerprint density at radius 3 is 2.19 bits per heavy atom. The standard InChI is InChI=1S/C21H25NO4/c1-24-18-12-17(13-19(25-2)21(18)26-3)22-20(23)11-14-8-9-15-6-4-5-7-16(15)10-14/h8-10,12-13H,4-7,11H2,1-3H3,(H,22,23). The van der Waals surface area contributed by atoms with E-state index < -0.39 is 0 Å². The van der Waals surface area contributed by atoms with Gasteiger partial charge in [0, 0.05) is 17.8 Å². The zero-order chi connectivity index (χ0) is 18.5. The molecule has 2 aromatic rings. The second-order valence-corrected chi connectivity index (χ2v) is 6.45. The van der Waals surface area contributed by atoms with E-state index in [2.05, 4.69) is 23.5 Å². The number of fused-ring (bicyclic) bond motifs is 1. The van der Waals surface area contributed by atoms with Crippen molar-refractivity contribution in [2.75, 3.05) is 26.6 Å². The molecular weight excluding hydrogens is 330 g/mol. The zero-order valence-corrected chi connectivity index (χ0v) is 15.6. The van der Waals surface area contributed by atoms with Gasteiger partial charge in [0.05, 0.1) is 27.8 Å². The van der Waals surface area contributed by atoms with Crippen molar-refractivity contribution in [1.29, 1.82) is 0 Å². The summed E-state index contributed by atoms with van der Waals surface area (Å²) in [5, 5.41) is 2.92. The number of anilines is 1. The predicted octanol–water partition coefficient (Wildman–Crippen LogP) is 3.77. The molecule has 0 bridgehead atoms. The van der Waals surface area contributed by atoms with Crippen molar-refractivity contribution >= 4 is 11.6 Å². The topological polar surface area (TPSA) is 56.8 Å². The van der Waals surface area contributed by atoms with Crippen molar-refractivity contribution in [1.82, 2.24) is 0 Å². The summed E-state index contributed by atoms with van der Waals surface area (Å²) < 4.78 is 16.0. The number of hydrogen-bond acceptors (Lipinski definition) is 4. The van der Waals surface area contributed by atoms with Crippen LogP contribution in [0.2, 0.25) is 0 Å². The van der Waals surface area contributed by atoms with Crippen molar-refractivity contribution in [3.63, 3.8) is 0 Å². The molecule has 1 aliphatic rings. The molecule has 3 rings (SSSR count). The summed E-state index contributed by atoms with van der Waals surface area (Å²) in [6.45, 7) is 0. The number of rotatable bonds is 6. The van der Waals surface area contributed by atoms with Crippen LogP contribution in [0.4, 0.5) is 5.69 Å². The largest absolute Gasteiger partial charge is 0.493 e. The van der Waals surface area contributed by atoms with E-state index in [9.17, 15) is 4.79 Å². The Balaban J connectivity index is 1.74. The molecule has 0 saturated carbocycles.